The Bertz CT molecular complexity index is 2760. The standard InChI is InChI=1S/C57H80N8O8S2/c1-40(2)51(60-53(66)41(3)58-8)55(68)64-34-16-22-47(64)38-62(36-32-43-18-12-10-13-19-43)74(70,71)49-28-24-45(25-29-49)46-26-30-50(31-27-46)75(72,73)63(37-33-44-20-14-11-15-21-44)39-48-23-17-35-65(48)56(69)52(57(5,6)7)61-54(67)42(4)59-9/h10-15,18-21,24-31,40-42,47-48,51-52,58-59H,16-17,22-23,32-39H2,1-9H3,(H,60,66)(H,61,67)/t41-,42-,47-,48-,51-,52+/m0/s1. The largest absolute Gasteiger partial charge is 0.343 e. The fraction of sp³-hybridized carbons (Fsp3) is 0.509. The summed E-state index contributed by atoms with van der Waals surface area (Å²) in [7, 11) is -4.83. The van der Waals surface area contributed by atoms with Crippen LogP contribution in [0.1, 0.15) is 85.3 Å². The number of carbonyl (C=O) groups is 4. The van der Waals surface area contributed by atoms with Gasteiger partial charge in [-0.2, -0.15) is 8.61 Å². The number of hydrogen-bond acceptors (Lipinski definition) is 10. The van der Waals surface area contributed by atoms with Crippen LogP contribution in [0.4, 0.5) is 0 Å². The van der Waals surface area contributed by atoms with Gasteiger partial charge in [0.15, 0.2) is 0 Å². The van der Waals surface area contributed by atoms with E-state index in [9.17, 15) is 36.0 Å². The number of rotatable bonds is 24. The summed E-state index contributed by atoms with van der Waals surface area (Å²) >= 11 is 0. The number of hydrogen-bond donors (Lipinski definition) is 4. The van der Waals surface area contributed by atoms with Gasteiger partial charge < -0.3 is 31.1 Å². The van der Waals surface area contributed by atoms with E-state index in [-0.39, 0.29) is 65.5 Å². The van der Waals surface area contributed by atoms with Gasteiger partial charge in [0.1, 0.15) is 12.1 Å². The third kappa shape index (κ3) is 14.9. The number of likely N-dealkylation sites (N-methyl/N-ethyl adjacent to an activating group) is 2. The molecule has 0 saturated carbocycles. The minimum atomic E-state index is -4.10. The van der Waals surface area contributed by atoms with Crippen LogP contribution >= 0.6 is 0 Å². The topological polar surface area (TPSA) is 198 Å². The third-order valence-electron chi connectivity index (χ3n) is 14.7. The highest BCUT2D eigenvalue weighted by atomic mass is 32.2. The first kappa shape index (κ1) is 58.8. The van der Waals surface area contributed by atoms with Crippen molar-refractivity contribution in [3.8, 4) is 11.1 Å². The second-order valence-electron chi connectivity index (χ2n) is 21.5. The SMILES string of the molecule is CN[C@@H](C)C(=O)N[C@H](C(=O)N1CCC[C@H]1CN(CCc1ccccc1)S(=O)(=O)c1ccc(-c2ccc(S(=O)(=O)N(CCc3ccccc3)C[C@@H]3CCCN3C(=O)[C@@H](NC(=O)[C@H](C)NC)C(C)(C)C)cc2)cc1)C(C)C. The number of carbonyl (C=O) groups excluding carboxylic acids is 4. The van der Waals surface area contributed by atoms with Crippen molar-refractivity contribution in [2.75, 3.05) is 53.4 Å². The molecule has 18 heteroatoms. The van der Waals surface area contributed by atoms with E-state index in [1.54, 1.807) is 86.3 Å². The Hall–Kier alpha value is -5.50. The lowest BCUT2D eigenvalue weighted by atomic mass is 9.85. The molecule has 4 amide bonds. The smallest absolute Gasteiger partial charge is 0.245 e. The van der Waals surface area contributed by atoms with Crippen LogP contribution in [-0.2, 0) is 52.1 Å². The zero-order valence-electron chi connectivity index (χ0n) is 45.3. The first-order valence-electron chi connectivity index (χ1n) is 26.4. The van der Waals surface area contributed by atoms with Crippen molar-refractivity contribution < 1.29 is 36.0 Å². The van der Waals surface area contributed by atoms with E-state index in [1.165, 1.54) is 8.61 Å². The third-order valence-corrected chi connectivity index (χ3v) is 18.5. The molecule has 16 nitrogen and oxygen atoms in total. The van der Waals surface area contributed by atoms with Gasteiger partial charge in [-0.15, -0.1) is 0 Å². The molecule has 0 radical (unpaired) electrons. The van der Waals surface area contributed by atoms with Gasteiger partial charge in [-0.1, -0.05) is 120 Å². The van der Waals surface area contributed by atoms with E-state index in [0.717, 1.165) is 11.1 Å². The van der Waals surface area contributed by atoms with Crippen molar-refractivity contribution in [3.63, 3.8) is 0 Å². The predicted molar refractivity (Wildman–Crippen MR) is 294 cm³/mol. The Kier molecular flexibility index (Phi) is 20.4. The van der Waals surface area contributed by atoms with E-state index < -0.39 is 61.7 Å². The summed E-state index contributed by atoms with van der Waals surface area (Å²) in [5, 5.41) is 11.7. The minimum Gasteiger partial charge on any atom is -0.343 e. The van der Waals surface area contributed by atoms with Gasteiger partial charge in [-0.3, -0.25) is 19.2 Å². The maximum absolute atomic E-state index is 14.7. The zero-order valence-corrected chi connectivity index (χ0v) is 46.9. The molecule has 4 aromatic carbocycles. The second kappa shape index (κ2) is 26.0. The molecule has 408 valence electrons. The van der Waals surface area contributed by atoms with Crippen LogP contribution in [0.3, 0.4) is 0 Å². The van der Waals surface area contributed by atoms with Gasteiger partial charge in [0.2, 0.25) is 43.7 Å². The predicted octanol–water partition coefficient (Wildman–Crippen LogP) is 5.69. The molecule has 0 aromatic heterocycles. The van der Waals surface area contributed by atoms with Crippen LogP contribution in [0.5, 0.6) is 0 Å². The van der Waals surface area contributed by atoms with E-state index in [0.29, 0.717) is 62.7 Å². The molecule has 2 heterocycles. The number of amides is 4. The lowest BCUT2D eigenvalue weighted by Crippen LogP contribution is -2.59. The van der Waals surface area contributed by atoms with Crippen molar-refractivity contribution in [3.05, 3.63) is 120 Å². The average Bonchev–Trinajstić information content (AvgIpc) is 4.08. The number of benzene rings is 4. The summed E-state index contributed by atoms with van der Waals surface area (Å²) < 4.78 is 61.8. The van der Waals surface area contributed by atoms with Crippen LogP contribution in [0.2, 0.25) is 0 Å². The summed E-state index contributed by atoms with van der Waals surface area (Å²) in [4.78, 5) is 58.1. The van der Waals surface area contributed by atoms with Gasteiger partial charge in [0.05, 0.1) is 21.9 Å². The molecule has 2 aliphatic rings. The zero-order chi connectivity index (χ0) is 54.7. The molecule has 0 spiro atoms. The molecule has 2 fully saturated rings. The Morgan fingerprint density at radius 3 is 1.33 bits per heavy atom. The molecule has 6 atom stereocenters. The normalized spacial score (nSPS) is 18.0. The lowest BCUT2D eigenvalue weighted by Gasteiger charge is -2.37. The molecule has 4 N–H and O–H groups in total. The number of nitrogens with one attached hydrogen (secondary N) is 4. The van der Waals surface area contributed by atoms with Gasteiger partial charge in [0.25, 0.3) is 0 Å². The molecule has 75 heavy (non-hydrogen) atoms. The van der Waals surface area contributed by atoms with Crippen LogP contribution in [0.25, 0.3) is 11.1 Å². The number of nitrogens with zero attached hydrogens (tertiary/aromatic N) is 4. The van der Waals surface area contributed by atoms with Crippen molar-refractivity contribution in [1.29, 1.82) is 0 Å². The van der Waals surface area contributed by atoms with E-state index in [4.69, 9.17) is 0 Å². The summed E-state index contributed by atoms with van der Waals surface area (Å²) in [5.41, 5.74) is 2.69. The molecule has 0 aliphatic carbocycles. The van der Waals surface area contributed by atoms with Crippen LogP contribution in [0.15, 0.2) is 119 Å². The summed E-state index contributed by atoms with van der Waals surface area (Å²) in [6.45, 7) is 14.3. The molecule has 0 bridgehead atoms. The number of likely N-dealkylation sites (tertiary alicyclic amines) is 2. The molecule has 2 saturated heterocycles. The minimum absolute atomic E-state index is 0.0702. The molecule has 2 aliphatic heterocycles. The Morgan fingerprint density at radius 1 is 0.573 bits per heavy atom. The molecule has 6 rings (SSSR count). The summed E-state index contributed by atoms with van der Waals surface area (Å²) in [5.74, 6) is -1.25. The monoisotopic (exact) mass is 1070 g/mol. The van der Waals surface area contributed by atoms with Gasteiger partial charge in [-0.05, 0) is 124 Å². The Morgan fingerprint density at radius 2 is 0.960 bits per heavy atom. The van der Waals surface area contributed by atoms with E-state index in [1.807, 2.05) is 95.3 Å². The van der Waals surface area contributed by atoms with Crippen molar-refractivity contribution in [2.24, 2.45) is 11.3 Å². The maximum atomic E-state index is 14.7. The van der Waals surface area contributed by atoms with Crippen molar-refractivity contribution in [1.82, 2.24) is 39.7 Å². The molecule has 0 unspecified atom stereocenters. The summed E-state index contributed by atoms with van der Waals surface area (Å²) in [6.07, 6.45) is 3.51. The molecular formula is C57H80N8O8S2. The second-order valence-corrected chi connectivity index (χ2v) is 25.3. The van der Waals surface area contributed by atoms with Crippen LogP contribution in [-0.4, -0.2) is 148 Å². The molecular weight excluding hydrogens is 989 g/mol. The van der Waals surface area contributed by atoms with Crippen molar-refractivity contribution in [2.45, 2.75) is 133 Å². The fourth-order valence-corrected chi connectivity index (χ4v) is 12.7. The Labute approximate surface area is 446 Å². The van der Waals surface area contributed by atoms with E-state index in [2.05, 4.69) is 21.3 Å². The quantitative estimate of drug-likeness (QED) is 0.0677. The molecule has 4 aromatic rings. The van der Waals surface area contributed by atoms with Gasteiger partial charge in [-0.25, -0.2) is 16.8 Å². The maximum Gasteiger partial charge on any atom is 0.245 e. The first-order valence-corrected chi connectivity index (χ1v) is 29.3. The Balaban J connectivity index is 1.22. The van der Waals surface area contributed by atoms with Gasteiger partial charge >= 0.3 is 0 Å². The first-order chi connectivity index (χ1) is 35.6. The van der Waals surface area contributed by atoms with Crippen LogP contribution in [0, 0.1) is 11.3 Å². The highest BCUT2D eigenvalue weighted by Crippen LogP contribution is 2.31. The fourth-order valence-electron chi connectivity index (χ4n) is 9.77. The average molecular weight is 1070 g/mol. The highest BCUT2D eigenvalue weighted by molar-refractivity contribution is 7.89. The lowest BCUT2D eigenvalue weighted by molar-refractivity contribution is -0.140. The van der Waals surface area contributed by atoms with Crippen molar-refractivity contribution >= 4 is 43.7 Å². The highest BCUT2D eigenvalue weighted by Gasteiger charge is 2.42. The van der Waals surface area contributed by atoms with E-state index >= 15 is 0 Å². The number of sulfonamides is 2. The van der Waals surface area contributed by atoms with Gasteiger partial charge in [0, 0.05) is 51.4 Å². The summed E-state index contributed by atoms with van der Waals surface area (Å²) in [6, 6.07) is 29.0. The van der Waals surface area contributed by atoms with Crippen LogP contribution < -0.4 is 21.3 Å².